The van der Waals surface area contributed by atoms with Crippen molar-refractivity contribution in [2.45, 2.75) is 32.4 Å². The summed E-state index contributed by atoms with van der Waals surface area (Å²) in [6.45, 7) is 5.05. The maximum absolute atomic E-state index is 13.2. The molecule has 0 aliphatic carbocycles. The summed E-state index contributed by atoms with van der Waals surface area (Å²) in [4.78, 5) is 24.4. The second-order valence-corrected chi connectivity index (χ2v) is 6.36. The van der Waals surface area contributed by atoms with E-state index in [0.29, 0.717) is 0 Å². The molecule has 0 bridgehead atoms. The molecule has 7 heteroatoms. The zero-order chi connectivity index (χ0) is 16.4. The van der Waals surface area contributed by atoms with Gasteiger partial charge in [0.05, 0.1) is 4.47 Å². The standard InChI is InChI=1S/C14H17BrFNO4/c1-14(2,3)21-13(20)17(4)11(12(18)19)8-5-6-10(16)9(15)7-8/h5-7,11H,1-4H3,(H,18,19). The fourth-order valence-corrected chi connectivity index (χ4v) is 2.05. The third-order valence-electron chi connectivity index (χ3n) is 2.56. The molecule has 5 nitrogen and oxygen atoms in total. The van der Waals surface area contributed by atoms with Gasteiger partial charge >= 0.3 is 12.1 Å². The fourth-order valence-electron chi connectivity index (χ4n) is 1.65. The lowest BCUT2D eigenvalue weighted by Crippen LogP contribution is -2.39. The molecule has 1 aromatic rings. The Hall–Kier alpha value is -1.63. The average molecular weight is 362 g/mol. The number of nitrogens with zero attached hydrogens (tertiary/aromatic N) is 1. The fraction of sp³-hybridized carbons (Fsp3) is 0.429. The summed E-state index contributed by atoms with van der Waals surface area (Å²) in [7, 11) is 1.32. The molecule has 116 valence electrons. The molecule has 0 fully saturated rings. The number of carboxylic acids is 1. The van der Waals surface area contributed by atoms with E-state index in [1.165, 1.54) is 19.2 Å². The highest BCUT2D eigenvalue weighted by atomic mass is 79.9. The number of ether oxygens (including phenoxy) is 1. The van der Waals surface area contributed by atoms with Crippen LogP contribution in [0.15, 0.2) is 22.7 Å². The number of carboxylic acid groups (broad SMARTS) is 1. The van der Waals surface area contributed by atoms with E-state index >= 15 is 0 Å². The van der Waals surface area contributed by atoms with Crippen molar-refractivity contribution in [3.63, 3.8) is 0 Å². The number of hydrogen-bond acceptors (Lipinski definition) is 3. The quantitative estimate of drug-likeness (QED) is 0.893. The minimum atomic E-state index is -1.27. The van der Waals surface area contributed by atoms with Gasteiger partial charge in [-0.3, -0.25) is 4.90 Å². The summed E-state index contributed by atoms with van der Waals surface area (Å²) in [5, 5.41) is 9.35. The van der Waals surface area contributed by atoms with Crippen LogP contribution >= 0.6 is 15.9 Å². The zero-order valence-corrected chi connectivity index (χ0v) is 13.8. The maximum Gasteiger partial charge on any atom is 0.411 e. The predicted molar refractivity (Wildman–Crippen MR) is 78.5 cm³/mol. The third-order valence-corrected chi connectivity index (χ3v) is 3.17. The van der Waals surface area contributed by atoms with Gasteiger partial charge in [-0.25, -0.2) is 14.0 Å². The lowest BCUT2D eigenvalue weighted by Gasteiger charge is -2.28. The van der Waals surface area contributed by atoms with Gasteiger partial charge in [0.15, 0.2) is 6.04 Å². The largest absolute Gasteiger partial charge is 0.479 e. The Kier molecular flexibility index (Phi) is 5.33. The Bertz CT molecular complexity index is 556. The van der Waals surface area contributed by atoms with Crippen LogP contribution < -0.4 is 0 Å². The van der Waals surface area contributed by atoms with Gasteiger partial charge in [-0.2, -0.15) is 0 Å². The summed E-state index contributed by atoms with van der Waals surface area (Å²) in [5.74, 6) is -1.75. The molecule has 1 aromatic carbocycles. The van der Waals surface area contributed by atoms with E-state index in [4.69, 9.17) is 4.74 Å². The highest BCUT2D eigenvalue weighted by Gasteiger charge is 2.31. The van der Waals surface area contributed by atoms with Crippen LogP contribution in [0, 0.1) is 5.82 Å². The van der Waals surface area contributed by atoms with Crippen molar-refractivity contribution >= 4 is 28.0 Å². The molecular weight excluding hydrogens is 345 g/mol. The molecule has 0 heterocycles. The van der Waals surface area contributed by atoms with E-state index in [1.54, 1.807) is 20.8 Å². The topological polar surface area (TPSA) is 66.8 Å². The molecule has 0 saturated carbocycles. The molecular formula is C14H17BrFNO4. The summed E-state index contributed by atoms with van der Waals surface area (Å²) >= 11 is 3.00. The molecule has 0 aliphatic heterocycles. The highest BCUT2D eigenvalue weighted by Crippen LogP contribution is 2.26. The van der Waals surface area contributed by atoms with Crippen molar-refractivity contribution in [2.24, 2.45) is 0 Å². The first-order chi connectivity index (χ1) is 9.53. The second-order valence-electron chi connectivity index (χ2n) is 5.51. The average Bonchev–Trinajstić information content (AvgIpc) is 2.31. The van der Waals surface area contributed by atoms with E-state index in [-0.39, 0.29) is 10.0 Å². The minimum absolute atomic E-state index is 0.129. The molecule has 1 atom stereocenters. The number of hydrogen-bond donors (Lipinski definition) is 1. The Morgan fingerprint density at radius 2 is 1.95 bits per heavy atom. The SMILES string of the molecule is CN(C(=O)OC(C)(C)C)C(C(=O)O)c1ccc(F)c(Br)c1. The highest BCUT2D eigenvalue weighted by molar-refractivity contribution is 9.10. The second kappa shape index (κ2) is 6.43. The van der Waals surface area contributed by atoms with Gasteiger partial charge in [-0.1, -0.05) is 6.07 Å². The Labute approximate surface area is 130 Å². The number of rotatable bonds is 3. The number of halogens is 2. The van der Waals surface area contributed by atoms with Crippen LogP contribution in [0.4, 0.5) is 9.18 Å². The van der Waals surface area contributed by atoms with Gasteiger partial charge in [0.2, 0.25) is 0 Å². The first-order valence-corrected chi connectivity index (χ1v) is 6.96. The third kappa shape index (κ3) is 4.70. The Morgan fingerprint density at radius 3 is 2.38 bits per heavy atom. The van der Waals surface area contributed by atoms with Crippen LogP contribution in [-0.4, -0.2) is 34.7 Å². The van der Waals surface area contributed by atoms with Crippen LogP contribution in [0.25, 0.3) is 0 Å². The van der Waals surface area contributed by atoms with Gasteiger partial charge in [-0.15, -0.1) is 0 Å². The van der Waals surface area contributed by atoms with Crippen LogP contribution in [0.3, 0.4) is 0 Å². The Balaban J connectivity index is 3.09. The van der Waals surface area contributed by atoms with E-state index in [2.05, 4.69) is 15.9 Å². The van der Waals surface area contributed by atoms with Crippen molar-refractivity contribution in [3.8, 4) is 0 Å². The van der Waals surface area contributed by atoms with Crippen molar-refractivity contribution in [1.82, 2.24) is 4.90 Å². The van der Waals surface area contributed by atoms with E-state index < -0.39 is 29.5 Å². The monoisotopic (exact) mass is 361 g/mol. The first kappa shape index (κ1) is 17.4. The van der Waals surface area contributed by atoms with Gasteiger partial charge < -0.3 is 9.84 Å². The van der Waals surface area contributed by atoms with Crippen LogP contribution in [0.5, 0.6) is 0 Å². The van der Waals surface area contributed by atoms with E-state index in [9.17, 15) is 19.1 Å². The zero-order valence-electron chi connectivity index (χ0n) is 12.2. The number of carbonyl (C=O) groups is 2. The van der Waals surface area contributed by atoms with Crippen LogP contribution in [0.1, 0.15) is 32.4 Å². The molecule has 21 heavy (non-hydrogen) atoms. The predicted octanol–water partition coefficient (Wildman–Crippen LogP) is 3.58. The van der Waals surface area contributed by atoms with Crippen molar-refractivity contribution < 1.29 is 23.8 Å². The normalized spacial score (nSPS) is 12.7. The van der Waals surface area contributed by atoms with E-state index in [1.807, 2.05) is 0 Å². The van der Waals surface area contributed by atoms with Crippen molar-refractivity contribution in [2.75, 3.05) is 7.05 Å². The van der Waals surface area contributed by atoms with Crippen LogP contribution in [0.2, 0.25) is 0 Å². The van der Waals surface area contributed by atoms with Crippen LogP contribution in [-0.2, 0) is 9.53 Å². The van der Waals surface area contributed by atoms with Gasteiger partial charge in [0.25, 0.3) is 0 Å². The number of carbonyl (C=O) groups excluding carboxylic acids is 1. The Morgan fingerprint density at radius 1 is 1.38 bits per heavy atom. The minimum Gasteiger partial charge on any atom is -0.479 e. The number of benzene rings is 1. The first-order valence-electron chi connectivity index (χ1n) is 6.16. The van der Waals surface area contributed by atoms with Gasteiger partial charge in [0, 0.05) is 7.05 Å². The molecule has 1 amide bonds. The molecule has 0 aromatic heterocycles. The van der Waals surface area contributed by atoms with Crippen molar-refractivity contribution in [3.05, 3.63) is 34.1 Å². The maximum atomic E-state index is 13.2. The van der Waals surface area contributed by atoms with Gasteiger partial charge in [0.1, 0.15) is 11.4 Å². The van der Waals surface area contributed by atoms with Crippen molar-refractivity contribution in [1.29, 1.82) is 0 Å². The summed E-state index contributed by atoms with van der Waals surface area (Å²) in [6.07, 6.45) is -0.768. The molecule has 0 aliphatic rings. The molecule has 0 spiro atoms. The molecule has 1 unspecified atom stereocenters. The molecule has 1 N–H and O–H groups in total. The van der Waals surface area contributed by atoms with E-state index in [0.717, 1.165) is 11.0 Å². The smallest absolute Gasteiger partial charge is 0.411 e. The lowest BCUT2D eigenvalue weighted by molar-refractivity contribution is -0.142. The molecule has 1 rings (SSSR count). The summed E-state index contributed by atoms with van der Waals surface area (Å²) < 4.78 is 18.5. The number of likely N-dealkylation sites (N-methyl/N-ethyl adjacent to an activating group) is 1. The number of aliphatic carboxylic acids is 1. The summed E-state index contributed by atoms with van der Waals surface area (Å²) in [6, 6.07) is 2.52. The lowest BCUT2D eigenvalue weighted by atomic mass is 10.1. The molecule has 0 saturated heterocycles. The number of amides is 1. The molecule has 0 radical (unpaired) electrons. The summed E-state index contributed by atoms with van der Waals surface area (Å²) in [5.41, 5.74) is -0.471. The van der Waals surface area contributed by atoms with Gasteiger partial charge in [-0.05, 0) is 54.4 Å².